The van der Waals surface area contributed by atoms with Crippen molar-refractivity contribution in [1.29, 1.82) is 0 Å². The smallest absolute Gasteiger partial charge is 0.224 e. The minimum Gasteiger partial charge on any atom is -0.507 e. The highest BCUT2D eigenvalue weighted by atomic mass is 16.3. The molecule has 3 aromatic carbocycles. The van der Waals surface area contributed by atoms with E-state index in [4.69, 9.17) is 0 Å². The maximum Gasteiger partial charge on any atom is 0.224 e. The third-order valence-electron chi connectivity index (χ3n) is 4.40. The van der Waals surface area contributed by atoms with Crippen LogP contribution in [0.5, 0.6) is 5.75 Å². The number of para-hydroxylation sites is 2. The summed E-state index contributed by atoms with van der Waals surface area (Å²) in [6, 6.07) is 19.5. The Kier molecular flexibility index (Phi) is 3.61. The van der Waals surface area contributed by atoms with E-state index in [9.17, 15) is 5.11 Å². The van der Waals surface area contributed by atoms with Crippen molar-refractivity contribution in [2.75, 3.05) is 5.43 Å². The van der Waals surface area contributed by atoms with Crippen molar-refractivity contribution in [3.63, 3.8) is 0 Å². The molecule has 124 valence electrons. The molecule has 0 bridgehead atoms. The number of nitrogens with zero attached hydrogens (tertiary/aromatic N) is 3. The summed E-state index contributed by atoms with van der Waals surface area (Å²) in [7, 11) is 1.94. The van der Waals surface area contributed by atoms with Gasteiger partial charge in [-0.2, -0.15) is 5.10 Å². The summed E-state index contributed by atoms with van der Waals surface area (Å²) >= 11 is 0. The fraction of sp³-hybridized carbons (Fsp3) is 0.100. The lowest BCUT2D eigenvalue weighted by atomic mass is 10.0. The van der Waals surface area contributed by atoms with E-state index in [2.05, 4.69) is 15.5 Å². The average molecular weight is 330 g/mol. The van der Waals surface area contributed by atoms with Crippen molar-refractivity contribution >= 4 is 33.5 Å². The van der Waals surface area contributed by atoms with Crippen LogP contribution in [0.4, 0.5) is 5.95 Å². The van der Waals surface area contributed by atoms with Crippen LogP contribution in [0.2, 0.25) is 0 Å². The molecule has 4 rings (SSSR count). The molecule has 1 aromatic heterocycles. The van der Waals surface area contributed by atoms with Gasteiger partial charge >= 0.3 is 0 Å². The van der Waals surface area contributed by atoms with Gasteiger partial charge in [-0.25, -0.2) is 10.4 Å². The first-order valence-corrected chi connectivity index (χ1v) is 8.08. The van der Waals surface area contributed by atoms with E-state index >= 15 is 0 Å². The number of fused-ring (bicyclic) bond motifs is 2. The zero-order valence-electron chi connectivity index (χ0n) is 14.1. The predicted octanol–water partition coefficient (Wildman–Crippen LogP) is 4.27. The van der Waals surface area contributed by atoms with Gasteiger partial charge in [-0.15, -0.1) is 0 Å². The molecule has 0 saturated heterocycles. The van der Waals surface area contributed by atoms with Gasteiger partial charge in [-0.05, 0) is 30.5 Å². The Labute approximate surface area is 145 Å². The minimum absolute atomic E-state index is 0.242. The summed E-state index contributed by atoms with van der Waals surface area (Å²) in [6.45, 7) is 1.86. The highest BCUT2D eigenvalue weighted by molar-refractivity contribution is 6.06. The second-order valence-corrected chi connectivity index (χ2v) is 5.98. The molecule has 0 radical (unpaired) electrons. The first-order valence-electron chi connectivity index (χ1n) is 8.08. The van der Waals surface area contributed by atoms with Crippen LogP contribution in [0, 0.1) is 0 Å². The molecule has 25 heavy (non-hydrogen) atoms. The van der Waals surface area contributed by atoms with Gasteiger partial charge in [0.2, 0.25) is 5.95 Å². The molecule has 5 heteroatoms. The number of aromatic hydroxyl groups is 1. The summed E-state index contributed by atoms with van der Waals surface area (Å²) in [5.41, 5.74) is 6.34. The van der Waals surface area contributed by atoms with Gasteiger partial charge in [0.05, 0.1) is 16.7 Å². The number of phenolic OH excluding ortho intramolecular Hbond substituents is 1. The monoisotopic (exact) mass is 330 g/mol. The Hall–Kier alpha value is -3.34. The Morgan fingerprint density at radius 1 is 1.04 bits per heavy atom. The number of anilines is 1. The molecular formula is C20H18N4O. The predicted molar refractivity (Wildman–Crippen MR) is 102 cm³/mol. The molecule has 0 fully saturated rings. The van der Waals surface area contributed by atoms with Crippen molar-refractivity contribution in [2.45, 2.75) is 6.92 Å². The lowest BCUT2D eigenvalue weighted by Gasteiger charge is -2.08. The summed E-state index contributed by atoms with van der Waals surface area (Å²) < 4.78 is 1.95. The first-order chi connectivity index (χ1) is 12.1. The van der Waals surface area contributed by atoms with Gasteiger partial charge in [0.1, 0.15) is 5.75 Å². The number of hydrogen-bond acceptors (Lipinski definition) is 4. The van der Waals surface area contributed by atoms with Crippen molar-refractivity contribution in [1.82, 2.24) is 9.55 Å². The molecule has 2 N–H and O–H groups in total. The Bertz CT molecular complexity index is 1110. The summed E-state index contributed by atoms with van der Waals surface area (Å²) in [6.07, 6.45) is 0. The number of nitrogens with one attached hydrogen (secondary N) is 1. The molecule has 0 atom stereocenters. The first kappa shape index (κ1) is 15.2. The highest BCUT2D eigenvalue weighted by Crippen LogP contribution is 2.29. The molecule has 0 aliphatic rings. The Morgan fingerprint density at radius 3 is 2.64 bits per heavy atom. The number of benzene rings is 3. The molecule has 0 aliphatic heterocycles. The molecule has 0 amide bonds. The SMILES string of the molecule is CC(=NNc1nc2ccccc2n1C)c1ccc2ccccc2c1O. The van der Waals surface area contributed by atoms with Crippen LogP contribution < -0.4 is 5.43 Å². The van der Waals surface area contributed by atoms with Gasteiger partial charge in [0.25, 0.3) is 0 Å². The van der Waals surface area contributed by atoms with E-state index in [1.165, 1.54) is 0 Å². The summed E-state index contributed by atoms with van der Waals surface area (Å²) in [5.74, 6) is 0.895. The van der Waals surface area contributed by atoms with Crippen LogP contribution in [0.3, 0.4) is 0 Å². The summed E-state index contributed by atoms with van der Waals surface area (Å²) in [5, 5.41) is 16.8. The number of hydrogen-bond donors (Lipinski definition) is 2. The van der Waals surface area contributed by atoms with Gasteiger partial charge in [0, 0.05) is 18.0 Å². The standard InChI is InChI=1S/C20H18N4O/c1-13(15-12-11-14-7-3-4-8-16(14)19(15)25)22-23-20-21-17-9-5-6-10-18(17)24(20)2/h3-12,25H,1-2H3,(H,21,23). The van der Waals surface area contributed by atoms with Crippen molar-refractivity contribution in [3.05, 3.63) is 66.2 Å². The number of phenols is 1. The average Bonchev–Trinajstić information content (AvgIpc) is 2.96. The summed E-state index contributed by atoms with van der Waals surface area (Å²) in [4.78, 5) is 4.53. The molecule has 1 heterocycles. The molecular weight excluding hydrogens is 312 g/mol. The maximum absolute atomic E-state index is 10.6. The van der Waals surface area contributed by atoms with Gasteiger partial charge in [0.15, 0.2) is 0 Å². The van der Waals surface area contributed by atoms with Crippen LogP contribution in [0.1, 0.15) is 12.5 Å². The molecule has 4 aromatic rings. The van der Waals surface area contributed by atoms with Gasteiger partial charge < -0.3 is 9.67 Å². The van der Waals surface area contributed by atoms with Crippen LogP contribution in [0.25, 0.3) is 21.8 Å². The van der Waals surface area contributed by atoms with E-state index in [0.29, 0.717) is 17.2 Å². The van der Waals surface area contributed by atoms with E-state index in [1.54, 1.807) is 0 Å². The van der Waals surface area contributed by atoms with Crippen molar-refractivity contribution < 1.29 is 5.11 Å². The zero-order valence-corrected chi connectivity index (χ0v) is 14.1. The third kappa shape index (κ3) is 2.59. The number of aromatic nitrogens is 2. The van der Waals surface area contributed by atoms with Gasteiger partial charge in [-0.3, -0.25) is 0 Å². The van der Waals surface area contributed by atoms with Crippen LogP contribution in [0.15, 0.2) is 65.8 Å². The fourth-order valence-electron chi connectivity index (χ4n) is 2.99. The maximum atomic E-state index is 10.6. The minimum atomic E-state index is 0.242. The second-order valence-electron chi connectivity index (χ2n) is 5.98. The lowest BCUT2D eigenvalue weighted by Crippen LogP contribution is -2.04. The van der Waals surface area contributed by atoms with Crippen LogP contribution >= 0.6 is 0 Å². The van der Waals surface area contributed by atoms with Crippen molar-refractivity contribution in [2.24, 2.45) is 12.1 Å². The second kappa shape index (κ2) is 5.94. The van der Waals surface area contributed by atoms with Crippen molar-refractivity contribution in [3.8, 4) is 5.75 Å². The molecule has 0 spiro atoms. The normalized spacial score (nSPS) is 12.0. The molecule has 0 unspecified atom stereocenters. The van der Waals surface area contributed by atoms with E-state index < -0.39 is 0 Å². The number of imidazole rings is 1. The topological polar surface area (TPSA) is 62.4 Å². The Morgan fingerprint density at radius 2 is 1.80 bits per heavy atom. The number of rotatable bonds is 3. The molecule has 0 saturated carbocycles. The van der Waals surface area contributed by atoms with E-state index in [1.807, 2.05) is 79.2 Å². The quantitative estimate of drug-likeness (QED) is 0.435. The largest absolute Gasteiger partial charge is 0.507 e. The van der Waals surface area contributed by atoms with Gasteiger partial charge in [-0.1, -0.05) is 42.5 Å². The molecule has 5 nitrogen and oxygen atoms in total. The number of hydrazone groups is 1. The van der Waals surface area contributed by atoms with E-state index in [-0.39, 0.29) is 5.75 Å². The van der Waals surface area contributed by atoms with Crippen LogP contribution in [-0.2, 0) is 7.05 Å². The third-order valence-corrected chi connectivity index (χ3v) is 4.40. The Balaban J connectivity index is 1.69. The number of aryl methyl sites for hydroxylation is 1. The highest BCUT2D eigenvalue weighted by Gasteiger charge is 2.10. The van der Waals surface area contributed by atoms with Crippen LogP contribution in [-0.4, -0.2) is 20.4 Å². The molecule has 0 aliphatic carbocycles. The fourth-order valence-corrected chi connectivity index (χ4v) is 2.99. The lowest BCUT2D eigenvalue weighted by molar-refractivity contribution is 0.480. The zero-order chi connectivity index (χ0) is 17.4. The van der Waals surface area contributed by atoms with E-state index in [0.717, 1.165) is 21.8 Å².